The van der Waals surface area contributed by atoms with Gasteiger partial charge in [0, 0.05) is 31.2 Å². The van der Waals surface area contributed by atoms with Gasteiger partial charge in [-0.2, -0.15) is 4.31 Å². The van der Waals surface area contributed by atoms with Crippen molar-refractivity contribution in [2.24, 2.45) is 5.92 Å². The van der Waals surface area contributed by atoms with Gasteiger partial charge in [-0.1, -0.05) is 6.92 Å². The van der Waals surface area contributed by atoms with Crippen molar-refractivity contribution in [3.05, 3.63) is 29.8 Å². The monoisotopic (exact) mass is 365 g/mol. The Morgan fingerprint density at radius 1 is 1.20 bits per heavy atom. The Morgan fingerprint density at radius 3 is 2.60 bits per heavy atom. The van der Waals surface area contributed by atoms with Gasteiger partial charge in [0.25, 0.3) is 5.91 Å². The molecule has 2 aliphatic rings. The fourth-order valence-corrected chi connectivity index (χ4v) is 5.13. The highest BCUT2D eigenvalue weighted by molar-refractivity contribution is 7.89. The molecule has 6 nitrogen and oxygen atoms in total. The second kappa shape index (κ2) is 7.85. The fourth-order valence-electron chi connectivity index (χ4n) is 3.54. The molecule has 2 N–H and O–H groups in total. The van der Waals surface area contributed by atoms with Crippen molar-refractivity contribution < 1.29 is 13.2 Å². The molecule has 1 aromatic carbocycles. The van der Waals surface area contributed by atoms with Gasteiger partial charge in [0.1, 0.15) is 0 Å². The summed E-state index contributed by atoms with van der Waals surface area (Å²) in [4.78, 5) is 12.6. The van der Waals surface area contributed by atoms with E-state index in [9.17, 15) is 13.2 Å². The number of hydrogen-bond donors (Lipinski definition) is 2. The van der Waals surface area contributed by atoms with Crippen molar-refractivity contribution in [1.29, 1.82) is 0 Å². The lowest BCUT2D eigenvalue weighted by atomic mass is 10.0. The van der Waals surface area contributed by atoms with Crippen LogP contribution >= 0.6 is 0 Å². The van der Waals surface area contributed by atoms with E-state index in [1.807, 2.05) is 0 Å². The largest absolute Gasteiger partial charge is 0.348 e. The quantitative estimate of drug-likeness (QED) is 0.849. The maximum absolute atomic E-state index is 12.7. The van der Waals surface area contributed by atoms with Gasteiger partial charge in [0.05, 0.1) is 4.90 Å². The molecule has 2 heterocycles. The number of sulfonamides is 1. The van der Waals surface area contributed by atoms with Crippen molar-refractivity contribution in [3.8, 4) is 0 Å². The molecule has 2 fully saturated rings. The highest BCUT2D eigenvalue weighted by atomic mass is 32.2. The third kappa shape index (κ3) is 4.40. The van der Waals surface area contributed by atoms with Gasteiger partial charge >= 0.3 is 0 Å². The molecule has 0 radical (unpaired) electrons. The molecule has 0 saturated carbocycles. The molecule has 2 saturated heterocycles. The minimum absolute atomic E-state index is 0.138. The van der Waals surface area contributed by atoms with Crippen LogP contribution in [0.5, 0.6) is 0 Å². The second-order valence-corrected chi connectivity index (χ2v) is 9.09. The standard InChI is InChI=1S/C18H27N3O3S/c1-14-4-3-11-21(13-14)25(23,24)17-8-6-15(7-9-17)18(22)20-16-5-2-10-19-12-16/h6-9,14,16,19H,2-5,10-13H2,1H3,(H,20,22)/t14?,16-/m0/s1. The van der Waals surface area contributed by atoms with E-state index in [1.54, 1.807) is 28.6 Å². The first-order chi connectivity index (χ1) is 12.0. The highest BCUT2D eigenvalue weighted by Crippen LogP contribution is 2.23. The van der Waals surface area contributed by atoms with Crippen LogP contribution in [-0.2, 0) is 10.0 Å². The second-order valence-electron chi connectivity index (χ2n) is 7.15. The normalized spacial score (nSPS) is 25.5. The fraction of sp³-hybridized carbons (Fsp3) is 0.611. The summed E-state index contributed by atoms with van der Waals surface area (Å²) in [7, 11) is -3.47. The molecule has 0 aromatic heterocycles. The van der Waals surface area contributed by atoms with Gasteiger partial charge in [0.15, 0.2) is 0 Å². The summed E-state index contributed by atoms with van der Waals surface area (Å²) in [5, 5.41) is 6.26. The van der Waals surface area contributed by atoms with Crippen molar-refractivity contribution in [1.82, 2.24) is 14.9 Å². The summed E-state index contributed by atoms with van der Waals surface area (Å²) in [6.07, 6.45) is 3.99. The van der Waals surface area contributed by atoms with Crippen LogP contribution in [0.3, 0.4) is 0 Å². The summed E-state index contributed by atoms with van der Waals surface area (Å²) in [6.45, 7) is 5.00. The van der Waals surface area contributed by atoms with Crippen molar-refractivity contribution in [2.45, 2.75) is 43.5 Å². The zero-order valence-electron chi connectivity index (χ0n) is 14.7. The number of hydrogen-bond acceptors (Lipinski definition) is 4. The minimum Gasteiger partial charge on any atom is -0.348 e. The van der Waals surface area contributed by atoms with Gasteiger partial charge in [-0.25, -0.2) is 8.42 Å². The topological polar surface area (TPSA) is 78.5 Å². The van der Waals surface area contributed by atoms with Gasteiger partial charge in [-0.3, -0.25) is 4.79 Å². The molecular formula is C18H27N3O3S. The Morgan fingerprint density at radius 2 is 1.96 bits per heavy atom. The van der Waals surface area contributed by atoms with Crippen LogP contribution in [-0.4, -0.2) is 50.9 Å². The molecule has 25 heavy (non-hydrogen) atoms. The number of rotatable bonds is 4. The van der Waals surface area contributed by atoms with Crippen LogP contribution in [0, 0.1) is 5.92 Å². The van der Waals surface area contributed by atoms with Gasteiger partial charge in [0.2, 0.25) is 10.0 Å². The number of benzene rings is 1. The Balaban J connectivity index is 1.67. The Hall–Kier alpha value is -1.44. The van der Waals surface area contributed by atoms with Crippen LogP contribution < -0.4 is 10.6 Å². The summed E-state index contributed by atoms with van der Waals surface area (Å²) >= 11 is 0. The van der Waals surface area contributed by atoms with E-state index in [2.05, 4.69) is 17.6 Å². The number of carbonyl (C=O) groups excluding carboxylic acids is 1. The lowest BCUT2D eigenvalue weighted by Crippen LogP contribution is -2.45. The van der Waals surface area contributed by atoms with Gasteiger partial charge in [-0.05, 0) is 62.4 Å². The van der Waals surface area contributed by atoms with Crippen LogP contribution in [0.4, 0.5) is 0 Å². The number of piperidine rings is 2. The van der Waals surface area contributed by atoms with Gasteiger partial charge in [-0.15, -0.1) is 0 Å². The summed E-state index contributed by atoms with van der Waals surface area (Å²) in [5.41, 5.74) is 0.497. The molecule has 2 aliphatic heterocycles. The van der Waals surface area contributed by atoms with E-state index in [0.717, 1.165) is 38.8 Å². The number of nitrogens with zero attached hydrogens (tertiary/aromatic N) is 1. The molecule has 1 amide bonds. The molecule has 1 unspecified atom stereocenters. The molecular weight excluding hydrogens is 338 g/mol. The molecule has 0 bridgehead atoms. The molecule has 2 atom stereocenters. The third-order valence-electron chi connectivity index (χ3n) is 5.01. The van der Waals surface area contributed by atoms with E-state index >= 15 is 0 Å². The molecule has 7 heteroatoms. The lowest BCUT2D eigenvalue weighted by molar-refractivity contribution is 0.0930. The van der Waals surface area contributed by atoms with Crippen LogP contribution in [0.1, 0.15) is 43.0 Å². The summed E-state index contributed by atoms with van der Waals surface area (Å²) in [6, 6.07) is 6.43. The molecule has 0 spiro atoms. The highest BCUT2D eigenvalue weighted by Gasteiger charge is 2.28. The van der Waals surface area contributed by atoms with Crippen LogP contribution in [0.25, 0.3) is 0 Å². The first-order valence-electron chi connectivity index (χ1n) is 9.08. The maximum Gasteiger partial charge on any atom is 0.251 e. The third-order valence-corrected chi connectivity index (χ3v) is 6.89. The van der Waals surface area contributed by atoms with Crippen LogP contribution in [0.2, 0.25) is 0 Å². The summed E-state index contributed by atoms with van der Waals surface area (Å²) < 4.78 is 27.1. The average Bonchev–Trinajstić information content (AvgIpc) is 2.62. The zero-order chi connectivity index (χ0) is 17.9. The maximum atomic E-state index is 12.7. The summed E-state index contributed by atoms with van der Waals surface area (Å²) in [5.74, 6) is 0.238. The predicted octanol–water partition coefficient (Wildman–Crippen LogP) is 1.59. The molecule has 3 rings (SSSR count). The Bertz CT molecular complexity index is 697. The molecule has 0 aliphatic carbocycles. The lowest BCUT2D eigenvalue weighted by Gasteiger charge is -2.30. The smallest absolute Gasteiger partial charge is 0.251 e. The SMILES string of the molecule is CC1CCCN(S(=O)(=O)c2ccc(C(=O)N[C@H]3CCCNC3)cc2)C1. The first kappa shape index (κ1) is 18.4. The Kier molecular flexibility index (Phi) is 5.76. The number of amides is 1. The minimum atomic E-state index is -3.47. The number of nitrogens with one attached hydrogen (secondary N) is 2. The van der Waals surface area contributed by atoms with Crippen molar-refractivity contribution in [3.63, 3.8) is 0 Å². The van der Waals surface area contributed by atoms with Crippen molar-refractivity contribution in [2.75, 3.05) is 26.2 Å². The number of carbonyl (C=O) groups is 1. The van der Waals surface area contributed by atoms with E-state index in [-0.39, 0.29) is 16.8 Å². The van der Waals surface area contributed by atoms with E-state index in [1.165, 1.54) is 0 Å². The van der Waals surface area contributed by atoms with Gasteiger partial charge < -0.3 is 10.6 Å². The molecule has 138 valence electrons. The Labute approximate surface area is 150 Å². The first-order valence-corrected chi connectivity index (χ1v) is 10.5. The predicted molar refractivity (Wildman–Crippen MR) is 97.0 cm³/mol. The zero-order valence-corrected chi connectivity index (χ0v) is 15.5. The van der Waals surface area contributed by atoms with E-state index in [4.69, 9.17) is 0 Å². The van der Waals surface area contributed by atoms with E-state index < -0.39 is 10.0 Å². The molecule has 1 aromatic rings. The van der Waals surface area contributed by atoms with Crippen LogP contribution in [0.15, 0.2) is 29.2 Å². The van der Waals surface area contributed by atoms with E-state index in [0.29, 0.717) is 24.6 Å². The average molecular weight is 365 g/mol. The van der Waals surface area contributed by atoms with Crippen molar-refractivity contribution >= 4 is 15.9 Å².